The molecule has 2 aromatic rings. The van der Waals surface area contributed by atoms with Crippen molar-refractivity contribution in [2.24, 2.45) is 0 Å². The van der Waals surface area contributed by atoms with E-state index in [9.17, 15) is 14.7 Å². The Kier molecular flexibility index (Phi) is 5.10. The van der Waals surface area contributed by atoms with Crippen molar-refractivity contribution in [3.63, 3.8) is 0 Å². The number of rotatable bonds is 2. The summed E-state index contributed by atoms with van der Waals surface area (Å²) in [4.78, 5) is 22.4. The van der Waals surface area contributed by atoms with E-state index in [0.717, 1.165) is 0 Å². The molecule has 116 valence electrons. The third kappa shape index (κ3) is 3.95. The number of benzene rings is 2. The molecule has 0 aromatic heterocycles. The highest BCUT2D eigenvalue weighted by Gasteiger charge is 2.16. The van der Waals surface area contributed by atoms with E-state index < -0.39 is 0 Å². The molecule has 4 nitrogen and oxygen atoms in total. The monoisotopic (exact) mass is 308 g/mol. The Balaban J connectivity index is 0.000000168. The molecule has 23 heavy (non-hydrogen) atoms. The highest BCUT2D eigenvalue weighted by molar-refractivity contribution is 6.21. The van der Waals surface area contributed by atoms with E-state index in [1.807, 2.05) is 0 Å². The molecule has 0 saturated carbocycles. The van der Waals surface area contributed by atoms with Gasteiger partial charge in [0.2, 0.25) is 0 Å². The Morgan fingerprint density at radius 1 is 0.913 bits per heavy atom. The van der Waals surface area contributed by atoms with Crippen molar-refractivity contribution in [3.8, 4) is 11.5 Å². The average molecular weight is 308 g/mol. The number of phenols is 2. The molecular weight excluding hydrogens is 292 g/mol. The van der Waals surface area contributed by atoms with Crippen LogP contribution in [0.1, 0.15) is 26.3 Å². The second kappa shape index (κ2) is 7.22. The Labute approximate surface area is 134 Å². The second-order valence-corrected chi connectivity index (χ2v) is 4.91. The number of hydrogen-bond donors (Lipinski definition) is 2. The van der Waals surface area contributed by atoms with Crippen LogP contribution in [0.2, 0.25) is 0 Å². The van der Waals surface area contributed by atoms with E-state index in [-0.39, 0.29) is 23.1 Å². The first-order valence-corrected chi connectivity index (χ1v) is 7.00. The molecule has 2 aromatic carbocycles. The minimum atomic E-state index is -0.0924. The molecule has 1 aliphatic rings. The molecule has 0 heterocycles. The number of carbonyl (C=O) groups is 2. The standard InChI is InChI=1S/C10H6O2.C9H10O2/c11-9-5-6-10(12)8-4-2-1-3-7(8)9;1-2-3-7-6-8(10)4-5-9(7)11/h1-6H;2,4-6,10-11H,1,3H2. The van der Waals surface area contributed by atoms with Gasteiger partial charge in [0, 0.05) is 16.7 Å². The second-order valence-electron chi connectivity index (χ2n) is 4.91. The van der Waals surface area contributed by atoms with Gasteiger partial charge in [0.15, 0.2) is 11.6 Å². The normalized spacial score (nSPS) is 12.2. The van der Waals surface area contributed by atoms with Crippen LogP contribution >= 0.6 is 0 Å². The summed E-state index contributed by atoms with van der Waals surface area (Å²) in [5, 5.41) is 18.2. The summed E-state index contributed by atoms with van der Waals surface area (Å²) >= 11 is 0. The maximum atomic E-state index is 11.2. The van der Waals surface area contributed by atoms with Crippen molar-refractivity contribution in [2.45, 2.75) is 6.42 Å². The maximum absolute atomic E-state index is 11.2. The predicted octanol–water partition coefficient (Wildman–Crippen LogP) is 3.45. The molecule has 0 radical (unpaired) electrons. The Morgan fingerprint density at radius 2 is 1.48 bits per heavy atom. The molecule has 0 aliphatic heterocycles. The summed E-state index contributed by atoms with van der Waals surface area (Å²) in [5.74, 6) is 0.178. The third-order valence-electron chi connectivity index (χ3n) is 3.27. The first kappa shape index (κ1) is 16.2. The van der Waals surface area contributed by atoms with Gasteiger partial charge in [-0.05, 0) is 36.8 Å². The van der Waals surface area contributed by atoms with Crippen LogP contribution in [0.25, 0.3) is 0 Å². The fourth-order valence-electron chi connectivity index (χ4n) is 2.13. The summed E-state index contributed by atoms with van der Waals surface area (Å²) in [7, 11) is 0. The average Bonchev–Trinajstić information content (AvgIpc) is 2.56. The highest BCUT2D eigenvalue weighted by Crippen LogP contribution is 2.22. The van der Waals surface area contributed by atoms with Crippen LogP contribution in [0.5, 0.6) is 11.5 Å². The lowest BCUT2D eigenvalue weighted by atomic mass is 9.95. The molecule has 0 bridgehead atoms. The van der Waals surface area contributed by atoms with Gasteiger partial charge in [-0.1, -0.05) is 30.3 Å². The third-order valence-corrected chi connectivity index (χ3v) is 3.27. The smallest absolute Gasteiger partial charge is 0.186 e. The topological polar surface area (TPSA) is 74.6 Å². The zero-order valence-electron chi connectivity index (χ0n) is 12.4. The maximum Gasteiger partial charge on any atom is 0.186 e. The number of fused-ring (bicyclic) bond motifs is 1. The van der Waals surface area contributed by atoms with Gasteiger partial charge in [-0.15, -0.1) is 6.58 Å². The van der Waals surface area contributed by atoms with Crippen LogP contribution in [0.4, 0.5) is 0 Å². The summed E-state index contributed by atoms with van der Waals surface area (Å²) in [6, 6.07) is 11.3. The largest absolute Gasteiger partial charge is 0.508 e. The summed E-state index contributed by atoms with van der Waals surface area (Å²) in [6.07, 6.45) is 4.87. The van der Waals surface area contributed by atoms with Gasteiger partial charge in [-0.3, -0.25) is 9.59 Å². The molecule has 0 fully saturated rings. The first-order valence-electron chi connectivity index (χ1n) is 7.00. The first-order chi connectivity index (χ1) is 11.0. The number of hydrogen-bond acceptors (Lipinski definition) is 4. The van der Waals surface area contributed by atoms with E-state index in [4.69, 9.17) is 5.11 Å². The summed E-state index contributed by atoms with van der Waals surface area (Å²) < 4.78 is 0. The van der Waals surface area contributed by atoms with Gasteiger partial charge in [0.05, 0.1) is 0 Å². The molecule has 3 rings (SSSR count). The molecule has 0 spiro atoms. The van der Waals surface area contributed by atoms with Gasteiger partial charge in [0.1, 0.15) is 11.5 Å². The van der Waals surface area contributed by atoms with Crippen LogP contribution in [-0.2, 0) is 6.42 Å². The Bertz CT molecular complexity index is 751. The number of aromatic hydroxyl groups is 2. The van der Waals surface area contributed by atoms with Crippen LogP contribution in [0, 0.1) is 0 Å². The number of phenolic OH excluding ortho intramolecular Hbond substituents is 2. The van der Waals surface area contributed by atoms with Crippen molar-refractivity contribution in [1.82, 2.24) is 0 Å². The molecule has 4 heteroatoms. The lowest BCUT2D eigenvalue weighted by molar-refractivity contribution is 0.0994. The van der Waals surface area contributed by atoms with Crippen LogP contribution < -0.4 is 0 Å². The molecule has 0 amide bonds. The van der Waals surface area contributed by atoms with E-state index in [2.05, 4.69) is 6.58 Å². The van der Waals surface area contributed by atoms with Gasteiger partial charge >= 0.3 is 0 Å². The number of ketones is 2. The van der Waals surface area contributed by atoms with Gasteiger partial charge in [-0.25, -0.2) is 0 Å². The molecule has 0 saturated heterocycles. The SMILES string of the molecule is C=CCc1cc(O)ccc1O.O=C1C=CC(=O)c2ccccc21. The van der Waals surface area contributed by atoms with E-state index in [1.165, 1.54) is 30.4 Å². The van der Waals surface area contributed by atoms with Gasteiger partial charge in [-0.2, -0.15) is 0 Å². The lowest BCUT2D eigenvalue weighted by Gasteiger charge is -2.06. The molecule has 2 N–H and O–H groups in total. The zero-order valence-corrected chi connectivity index (χ0v) is 12.4. The molecular formula is C19H16O4. The van der Waals surface area contributed by atoms with E-state index in [0.29, 0.717) is 23.1 Å². The van der Waals surface area contributed by atoms with Crippen LogP contribution in [0.15, 0.2) is 67.3 Å². The van der Waals surface area contributed by atoms with Crippen molar-refractivity contribution in [1.29, 1.82) is 0 Å². The van der Waals surface area contributed by atoms with Gasteiger partial charge in [0.25, 0.3) is 0 Å². The van der Waals surface area contributed by atoms with Crippen LogP contribution in [-0.4, -0.2) is 21.8 Å². The number of carbonyl (C=O) groups excluding carboxylic acids is 2. The zero-order chi connectivity index (χ0) is 16.8. The van der Waals surface area contributed by atoms with Crippen molar-refractivity contribution < 1.29 is 19.8 Å². The van der Waals surface area contributed by atoms with Gasteiger partial charge < -0.3 is 10.2 Å². The van der Waals surface area contributed by atoms with Crippen molar-refractivity contribution in [2.75, 3.05) is 0 Å². The van der Waals surface area contributed by atoms with E-state index in [1.54, 1.807) is 30.3 Å². The quantitative estimate of drug-likeness (QED) is 0.658. The Morgan fingerprint density at radius 3 is 2.00 bits per heavy atom. The molecule has 0 unspecified atom stereocenters. The molecule has 0 atom stereocenters. The fraction of sp³-hybridized carbons (Fsp3) is 0.0526. The minimum Gasteiger partial charge on any atom is -0.508 e. The van der Waals surface area contributed by atoms with Crippen molar-refractivity contribution in [3.05, 3.63) is 84.0 Å². The number of allylic oxidation sites excluding steroid dienone is 3. The minimum absolute atomic E-state index is 0.0924. The summed E-state index contributed by atoms with van der Waals surface area (Å²) in [5.41, 5.74) is 1.70. The summed E-state index contributed by atoms with van der Waals surface area (Å²) in [6.45, 7) is 3.53. The Hall–Kier alpha value is -3.14. The lowest BCUT2D eigenvalue weighted by Crippen LogP contribution is -2.10. The van der Waals surface area contributed by atoms with E-state index >= 15 is 0 Å². The van der Waals surface area contributed by atoms with Crippen molar-refractivity contribution >= 4 is 11.6 Å². The highest BCUT2D eigenvalue weighted by atomic mass is 16.3. The fourth-order valence-corrected chi connectivity index (χ4v) is 2.13. The predicted molar refractivity (Wildman–Crippen MR) is 87.9 cm³/mol. The molecule has 1 aliphatic carbocycles. The van der Waals surface area contributed by atoms with Crippen LogP contribution in [0.3, 0.4) is 0 Å².